The Morgan fingerprint density at radius 3 is 2.72 bits per heavy atom. The van der Waals surface area contributed by atoms with Gasteiger partial charge in [0.15, 0.2) is 5.76 Å². The zero-order chi connectivity index (χ0) is 17.4. The normalized spacial score (nSPS) is 23.0. The number of carbonyl (C=O) groups excluding carboxylic acids is 2. The Labute approximate surface area is 146 Å². The van der Waals surface area contributed by atoms with Crippen molar-refractivity contribution < 1.29 is 14.0 Å². The van der Waals surface area contributed by atoms with Crippen LogP contribution < -0.4 is 0 Å². The number of fused-ring (bicyclic) bond motifs is 1. The van der Waals surface area contributed by atoms with E-state index >= 15 is 0 Å². The molecule has 0 saturated carbocycles. The summed E-state index contributed by atoms with van der Waals surface area (Å²) < 4.78 is 5.50. The molecule has 2 aliphatic rings. The molecule has 2 saturated heterocycles. The van der Waals surface area contributed by atoms with Gasteiger partial charge in [0.05, 0.1) is 12.1 Å². The first-order valence-electron chi connectivity index (χ1n) is 8.69. The molecule has 0 bridgehead atoms. The second-order valence-corrected chi connectivity index (χ2v) is 6.75. The molecule has 2 amide bonds. The topological polar surface area (TPSA) is 66.7 Å². The Morgan fingerprint density at radius 2 is 2.00 bits per heavy atom. The van der Waals surface area contributed by atoms with Crippen LogP contribution in [0.4, 0.5) is 0 Å². The quantitative estimate of drug-likeness (QED) is 0.861. The van der Waals surface area contributed by atoms with Crippen molar-refractivity contribution >= 4 is 11.8 Å². The molecule has 2 atom stereocenters. The number of pyridine rings is 1. The van der Waals surface area contributed by atoms with Gasteiger partial charge in [0.1, 0.15) is 5.76 Å². The van der Waals surface area contributed by atoms with Crippen LogP contribution in [0, 0.1) is 6.92 Å². The molecule has 2 aromatic heterocycles. The van der Waals surface area contributed by atoms with Crippen LogP contribution in [0.5, 0.6) is 0 Å². The molecule has 0 aliphatic carbocycles. The Kier molecular flexibility index (Phi) is 4.03. The number of rotatable bonds is 3. The number of furan rings is 1. The van der Waals surface area contributed by atoms with Gasteiger partial charge in [-0.3, -0.25) is 14.6 Å². The van der Waals surface area contributed by atoms with Crippen molar-refractivity contribution in [2.75, 3.05) is 6.54 Å². The smallest absolute Gasteiger partial charge is 0.289 e. The summed E-state index contributed by atoms with van der Waals surface area (Å²) in [5.74, 6) is 1.22. The van der Waals surface area contributed by atoms with Gasteiger partial charge in [0.2, 0.25) is 5.91 Å². The van der Waals surface area contributed by atoms with Gasteiger partial charge in [-0.2, -0.15) is 0 Å². The lowest BCUT2D eigenvalue weighted by Gasteiger charge is -2.39. The van der Waals surface area contributed by atoms with Gasteiger partial charge in [-0.05, 0) is 49.6 Å². The summed E-state index contributed by atoms with van der Waals surface area (Å²) in [6, 6.07) is 7.54. The number of aryl methyl sites for hydroxylation is 1. The Morgan fingerprint density at radius 1 is 1.20 bits per heavy atom. The zero-order valence-corrected chi connectivity index (χ0v) is 14.2. The van der Waals surface area contributed by atoms with E-state index in [0.29, 0.717) is 25.3 Å². The molecule has 2 aliphatic heterocycles. The van der Waals surface area contributed by atoms with Crippen molar-refractivity contribution in [3.05, 3.63) is 53.7 Å². The lowest BCUT2D eigenvalue weighted by atomic mass is 9.95. The average Bonchev–Trinajstić information content (AvgIpc) is 3.24. The minimum atomic E-state index is -0.0705. The van der Waals surface area contributed by atoms with Crippen LogP contribution in [0.3, 0.4) is 0 Å². The Bertz CT molecular complexity index is 786. The monoisotopic (exact) mass is 339 g/mol. The van der Waals surface area contributed by atoms with Gasteiger partial charge in [-0.15, -0.1) is 0 Å². The van der Waals surface area contributed by atoms with Gasteiger partial charge < -0.3 is 14.2 Å². The van der Waals surface area contributed by atoms with Gasteiger partial charge in [-0.25, -0.2) is 0 Å². The summed E-state index contributed by atoms with van der Waals surface area (Å²) in [5.41, 5.74) is 1.07. The summed E-state index contributed by atoms with van der Waals surface area (Å²) in [5, 5.41) is 0. The van der Waals surface area contributed by atoms with Crippen LogP contribution in [0.1, 0.15) is 41.1 Å². The SMILES string of the molecule is Cc1ccc(C(=O)N2CC[C@@H]3[C@H]2CCC(=O)N3Cc2ccncc2)o1. The molecule has 2 aromatic rings. The molecule has 25 heavy (non-hydrogen) atoms. The predicted octanol–water partition coefficient (Wildman–Crippen LogP) is 2.39. The Hall–Kier alpha value is -2.63. The number of piperidine rings is 1. The molecule has 4 heterocycles. The maximum absolute atomic E-state index is 12.8. The fraction of sp³-hybridized carbons (Fsp3) is 0.421. The van der Waals surface area contributed by atoms with Crippen molar-refractivity contribution in [2.24, 2.45) is 0 Å². The molecule has 0 radical (unpaired) electrons. The lowest BCUT2D eigenvalue weighted by molar-refractivity contribution is -0.138. The number of hydrogen-bond donors (Lipinski definition) is 0. The highest BCUT2D eigenvalue weighted by atomic mass is 16.3. The molecule has 0 N–H and O–H groups in total. The van der Waals surface area contributed by atoms with E-state index in [1.165, 1.54) is 0 Å². The largest absolute Gasteiger partial charge is 0.456 e. The summed E-state index contributed by atoms with van der Waals surface area (Å²) in [7, 11) is 0. The maximum Gasteiger partial charge on any atom is 0.289 e. The zero-order valence-electron chi connectivity index (χ0n) is 14.2. The number of amides is 2. The van der Waals surface area contributed by atoms with Crippen LogP contribution in [-0.4, -0.2) is 45.2 Å². The third-order valence-corrected chi connectivity index (χ3v) is 5.20. The first kappa shape index (κ1) is 15.9. The molecule has 2 fully saturated rings. The first-order chi connectivity index (χ1) is 12.1. The molecule has 0 unspecified atom stereocenters. The number of aromatic nitrogens is 1. The van der Waals surface area contributed by atoms with Crippen molar-refractivity contribution in [3.63, 3.8) is 0 Å². The van der Waals surface area contributed by atoms with E-state index in [2.05, 4.69) is 4.98 Å². The molecule has 0 aromatic carbocycles. The molecule has 4 rings (SSSR count). The molecule has 130 valence electrons. The van der Waals surface area contributed by atoms with E-state index in [4.69, 9.17) is 4.42 Å². The first-order valence-corrected chi connectivity index (χ1v) is 8.69. The molecule has 6 nitrogen and oxygen atoms in total. The second-order valence-electron chi connectivity index (χ2n) is 6.75. The third kappa shape index (κ3) is 2.92. The molecular weight excluding hydrogens is 318 g/mol. The van der Waals surface area contributed by atoms with Gasteiger partial charge >= 0.3 is 0 Å². The summed E-state index contributed by atoms with van der Waals surface area (Å²) in [6.07, 6.45) is 5.50. The van der Waals surface area contributed by atoms with Crippen molar-refractivity contribution in [2.45, 2.75) is 44.8 Å². The fourth-order valence-corrected chi connectivity index (χ4v) is 3.98. The van der Waals surface area contributed by atoms with Crippen LogP contribution in [0.2, 0.25) is 0 Å². The van der Waals surface area contributed by atoms with Crippen LogP contribution >= 0.6 is 0 Å². The van der Waals surface area contributed by atoms with E-state index < -0.39 is 0 Å². The van der Waals surface area contributed by atoms with Crippen LogP contribution in [0.15, 0.2) is 41.1 Å². The van der Waals surface area contributed by atoms with Gasteiger partial charge in [0, 0.05) is 31.9 Å². The number of likely N-dealkylation sites (tertiary alicyclic amines) is 2. The summed E-state index contributed by atoms with van der Waals surface area (Å²) in [4.78, 5) is 33.1. The number of carbonyl (C=O) groups is 2. The summed E-state index contributed by atoms with van der Waals surface area (Å²) in [6.45, 7) is 3.07. The number of hydrogen-bond acceptors (Lipinski definition) is 4. The predicted molar refractivity (Wildman–Crippen MR) is 90.7 cm³/mol. The van der Waals surface area contributed by atoms with E-state index in [0.717, 1.165) is 24.2 Å². The average molecular weight is 339 g/mol. The van der Waals surface area contributed by atoms with Gasteiger partial charge in [0.25, 0.3) is 5.91 Å². The van der Waals surface area contributed by atoms with E-state index in [9.17, 15) is 9.59 Å². The van der Waals surface area contributed by atoms with Crippen LogP contribution in [-0.2, 0) is 11.3 Å². The fourth-order valence-electron chi connectivity index (χ4n) is 3.98. The van der Waals surface area contributed by atoms with E-state index in [1.807, 2.05) is 28.9 Å². The summed E-state index contributed by atoms with van der Waals surface area (Å²) >= 11 is 0. The highest BCUT2D eigenvalue weighted by molar-refractivity contribution is 5.92. The molecular formula is C19H21N3O3. The highest BCUT2D eigenvalue weighted by Gasteiger charge is 2.45. The molecule has 6 heteroatoms. The minimum absolute atomic E-state index is 0.0671. The minimum Gasteiger partial charge on any atom is -0.456 e. The van der Waals surface area contributed by atoms with Gasteiger partial charge in [-0.1, -0.05) is 0 Å². The van der Waals surface area contributed by atoms with Crippen LogP contribution in [0.25, 0.3) is 0 Å². The molecule has 0 spiro atoms. The van der Waals surface area contributed by atoms with Crippen molar-refractivity contribution in [1.29, 1.82) is 0 Å². The van der Waals surface area contributed by atoms with E-state index in [1.54, 1.807) is 24.5 Å². The van der Waals surface area contributed by atoms with Crippen molar-refractivity contribution in [1.82, 2.24) is 14.8 Å². The second kappa shape index (κ2) is 6.35. The number of nitrogens with zero attached hydrogens (tertiary/aromatic N) is 3. The van der Waals surface area contributed by atoms with E-state index in [-0.39, 0.29) is 23.9 Å². The van der Waals surface area contributed by atoms with Crippen molar-refractivity contribution in [3.8, 4) is 0 Å². The maximum atomic E-state index is 12.8. The third-order valence-electron chi connectivity index (χ3n) is 5.20. The lowest BCUT2D eigenvalue weighted by Crippen LogP contribution is -2.52. The highest BCUT2D eigenvalue weighted by Crippen LogP contribution is 2.33. The Balaban J connectivity index is 1.53. The standard InChI is InChI=1S/C19H21N3O3/c1-13-2-4-17(25-13)19(24)21-11-8-16-15(21)3-5-18(23)22(16)12-14-6-9-20-10-7-14/h2,4,6-7,9-10,15-16H,3,5,8,11-12H2,1H3/t15-,16-/m1/s1.